The molecule has 0 bridgehead atoms. The molecule has 1 aromatic heterocycles. The summed E-state index contributed by atoms with van der Waals surface area (Å²) in [5, 5.41) is 22.1. The molecule has 0 aliphatic rings. The topological polar surface area (TPSA) is 68.9 Å². The number of nitrogens with one attached hydrogen (secondary N) is 1. The van der Waals surface area contributed by atoms with E-state index >= 15 is 0 Å². The normalized spacial score (nSPS) is 13.4. The molecule has 102 valence electrons. The molecule has 0 radical (unpaired) electrons. The molecule has 2 unspecified atom stereocenters. The van der Waals surface area contributed by atoms with E-state index in [4.69, 9.17) is 5.26 Å². The van der Waals surface area contributed by atoms with Crippen molar-refractivity contribution in [2.45, 2.75) is 19.1 Å². The Morgan fingerprint density at radius 2 is 1.80 bits per heavy atom. The lowest BCUT2D eigenvalue weighted by Gasteiger charge is -2.17. The van der Waals surface area contributed by atoms with Crippen LogP contribution in [-0.4, -0.2) is 16.6 Å². The minimum absolute atomic E-state index is 0.110. The lowest BCUT2D eigenvalue weighted by Crippen LogP contribution is -2.24. The molecule has 2 aromatic rings. The molecule has 0 amide bonds. The van der Waals surface area contributed by atoms with Gasteiger partial charge in [-0.3, -0.25) is 4.98 Å². The summed E-state index contributed by atoms with van der Waals surface area (Å²) in [6.45, 7) is 2.49. The first kappa shape index (κ1) is 14.2. The molecule has 1 heterocycles. The van der Waals surface area contributed by atoms with E-state index in [1.165, 1.54) is 0 Å². The van der Waals surface area contributed by atoms with Crippen LogP contribution in [0, 0.1) is 11.3 Å². The Kier molecular flexibility index (Phi) is 4.83. The quantitative estimate of drug-likeness (QED) is 0.872. The molecule has 0 saturated heterocycles. The summed E-state index contributed by atoms with van der Waals surface area (Å²) in [6.07, 6.45) is 2.78. The average Bonchev–Trinajstić information content (AvgIpc) is 2.53. The van der Waals surface area contributed by atoms with Gasteiger partial charge in [-0.05, 0) is 42.3 Å². The van der Waals surface area contributed by atoms with E-state index in [2.05, 4.69) is 16.4 Å². The van der Waals surface area contributed by atoms with Crippen LogP contribution in [0.3, 0.4) is 0 Å². The van der Waals surface area contributed by atoms with Gasteiger partial charge in [0.2, 0.25) is 0 Å². The Balaban J connectivity index is 1.91. The number of benzene rings is 1. The van der Waals surface area contributed by atoms with E-state index in [0.717, 1.165) is 11.1 Å². The van der Waals surface area contributed by atoms with Crippen molar-refractivity contribution in [2.24, 2.45) is 0 Å². The number of pyridine rings is 1. The Bertz CT molecular complexity index is 575. The summed E-state index contributed by atoms with van der Waals surface area (Å²) in [5.74, 6) is 0. The maximum atomic E-state index is 10.1. The van der Waals surface area contributed by atoms with E-state index in [0.29, 0.717) is 12.1 Å². The van der Waals surface area contributed by atoms with E-state index in [1.54, 1.807) is 36.7 Å². The van der Waals surface area contributed by atoms with Gasteiger partial charge < -0.3 is 10.4 Å². The number of aromatic nitrogens is 1. The molecule has 0 spiro atoms. The zero-order valence-corrected chi connectivity index (χ0v) is 11.3. The highest BCUT2D eigenvalue weighted by molar-refractivity contribution is 5.32. The molecular weight excluding hydrogens is 250 g/mol. The van der Waals surface area contributed by atoms with Crippen molar-refractivity contribution < 1.29 is 5.11 Å². The number of aliphatic hydroxyl groups excluding tert-OH is 1. The van der Waals surface area contributed by atoms with Crippen molar-refractivity contribution in [2.75, 3.05) is 6.54 Å². The summed E-state index contributed by atoms with van der Waals surface area (Å²) in [7, 11) is 0. The lowest BCUT2D eigenvalue weighted by atomic mass is 10.1. The second-order valence-corrected chi connectivity index (χ2v) is 4.66. The second kappa shape index (κ2) is 6.80. The third-order valence-electron chi connectivity index (χ3n) is 3.25. The highest BCUT2D eigenvalue weighted by atomic mass is 16.3. The molecule has 0 aliphatic heterocycles. The number of rotatable bonds is 5. The zero-order chi connectivity index (χ0) is 14.4. The van der Waals surface area contributed by atoms with Gasteiger partial charge in [0.15, 0.2) is 0 Å². The molecule has 1 aromatic carbocycles. The van der Waals surface area contributed by atoms with Crippen molar-refractivity contribution in [1.29, 1.82) is 5.26 Å². The maximum absolute atomic E-state index is 10.1. The smallest absolute Gasteiger partial charge is 0.0991 e. The van der Waals surface area contributed by atoms with Crippen LogP contribution in [0.25, 0.3) is 0 Å². The summed E-state index contributed by atoms with van der Waals surface area (Å²) in [6, 6.07) is 13.3. The lowest BCUT2D eigenvalue weighted by molar-refractivity contribution is 0.170. The van der Waals surface area contributed by atoms with E-state index in [1.807, 2.05) is 19.1 Å². The average molecular weight is 267 g/mol. The largest absolute Gasteiger partial charge is 0.387 e. The molecule has 0 aliphatic carbocycles. The van der Waals surface area contributed by atoms with Crippen LogP contribution >= 0.6 is 0 Å². The number of aliphatic hydroxyl groups is 1. The van der Waals surface area contributed by atoms with Gasteiger partial charge in [-0.1, -0.05) is 12.1 Å². The first-order valence-electron chi connectivity index (χ1n) is 6.52. The first-order chi connectivity index (χ1) is 9.70. The molecule has 2 atom stereocenters. The van der Waals surface area contributed by atoms with E-state index in [-0.39, 0.29) is 6.04 Å². The predicted octanol–water partition coefficient (Wildman–Crippen LogP) is 2.34. The van der Waals surface area contributed by atoms with Crippen LogP contribution in [0.5, 0.6) is 0 Å². The Morgan fingerprint density at radius 3 is 2.40 bits per heavy atom. The Morgan fingerprint density at radius 1 is 1.15 bits per heavy atom. The molecule has 4 nitrogen and oxygen atoms in total. The summed E-state index contributed by atoms with van der Waals surface area (Å²) >= 11 is 0. The van der Waals surface area contributed by atoms with Crippen molar-refractivity contribution in [3.05, 3.63) is 65.5 Å². The number of hydrogen-bond donors (Lipinski definition) is 2. The van der Waals surface area contributed by atoms with Crippen LogP contribution in [0.4, 0.5) is 0 Å². The summed E-state index contributed by atoms with van der Waals surface area (Å²) < 4.78 is 0. The molecule has 2 rings (SSSR count). The van der Waals surface area contributed by atoms with Crippen molar-refractivity contribution in [3.63, 3.8) is 0 Å². The second-order valence-electron chi connectivity index (χ2n) is 4.66. The number of nitrogens with zero attached hydrogens (tertiary/aromatic N) is 2. The number of hydrogen-bond acceptors (Lipinski definition) is 4. The standard InChI is InChI=1S/C16H17N3O/c1-12(14-4-2-13(10-17)3-5-14)19-11-16(20)15-6-8-18-9-7-15/h2-9,12,16,19-20H,11H2,1H3. The molecule has 4 heteroatoms. The van der Waals surface area contributed by atoms with Gasteiger partial charge in [0.05, 0.1) is 17.7 Å². The summed E-state index contributed by atoms with van der Waals surface area (Å²) in [5.41, 5.74) is 2.59. The monoisotopic (exact) mass is 267 g/mol. The van der Waals surface area contributed by atoms with Gasteiger partial charge in [-0.15, -0.1) is 0 Å². The van der Waals surface area contributed by atoms with Gasteiger partial charge in [0.25, 0.3) is 0 Å². The van der Waals surface area contributed by atoms with E-state index < -0.39 is 6.10 Å². The molecule has 0 fully saturated rings. The van der Waals surface area contributed by atoms with Crippen molar-refractivity contribution in [3.8, 4) is 6.07 Å². The van der Waals surface area contributed by atoms with Gasteiger partial charge in [-0.2, -0.15) is 5.26 Å². The highest BCUT2D eigenvalue weighted by Gasteiger charge is 2.10. The van der Waals surface area contributed by atoms with Crippen LogP contribution < -0.4 is 5.32 Å². The van der Waals surface area contributed by atoms with Crippen molar-refractivity contribution in [1.82, 2.24) is 10.3 Å². The molecular formula is C16H17N3O. The van der Waals surface area contributed by atoms with Crippen LogP contribution in [0.1, 0.15) is 35.8 Å². The fourth-order valence-corrected chi connectivity index (χ4v) is 1.96. The maximum Gasteiger partial charge on any atom is 0.0991 e. The summed E-state index contributed by atoms with van der Waals surface area (Å²) in [4.78, 5) is 3.93. The SMILES string of the molecule is CC(NCC(O)c1ccncc1)c1ccc(C#N)cc1. The van der Waals surface area contributed by atoms with Gasteiger partial charge in [0.1, 0.15) is 0 Å². The van der Waals surface area contributed by atoms with E-state index in [9.17, 15) is 5.11 Å². The van der Waals surface area contributed by atoms with Gasteiger partial charge >= 0.3 is 0 Å². The molecule has 20 heavy (non-hydrogen) atoms. The number of nitriles is 1. The predicted molar refractivity (Wildman–Crippen MR) is 76.8 cm³/mol. The van der Waals surface area contributed by atoms with Gasteiger partial charge in [-0.25, -0.2) is 0 Å². The zero-order valence-electron chi connectivity index (χ0n) is 11.3. The van der Waals surface area contributed by atoms with Crippen molar-refractivity contribution >= 4 is 0 Å². The minimum atomic E-state index is -0.557. The highest BCUT2D eigenvalue weighted by Crippen LogP contribution is 2.15. The molecule has 2 N–H and O–H groups in total. The van der Waals surface area contributed by atoms with Crippen LogP contribution in [0.15, 0.2) is 48.8 Å². The third kappa shape index (κ3) is 3.64. The van der Waals surface area contributed by atoms with Crippen LogP contribution in [0.2, 0.25) is 0 Å². The fourth-order valence-electron chi connectivity index (χ4n) is 1.96. The van der Waals surface area contributed by atoms with Crippen LogP contribution in [-0.2, 0) is 0 Å². The van der Waals surface area contributed by atoms with Gasteiger partial charge in [0, 0.05) is 25.0 Å². The minimum Gasteiger partial charge on any atom is -0.387 e. The third-order valence-corrected chi connectivity index (χ3v) is 3.25. The molecule has 0 saturated carbocycles. The fraction of sp³-hybridized carbons (Fsp3) is 0.250. The Hall–Kier alpha value is -2.22. The Labute approximate surface area is 118 Å². The first-order valence-corrected chi connectivity index (χ1v) is 6.52.